The molecule has 0 aliphatic heterocycles. The van der Waals surface area contributed by atoms with E-state index in [0.717, 1.165) is 24.1 Å². The number of amides is 2. The summed E-state index contributed by atoms with van der Waals surface area (Å²) in [6, 6.07) is 14.0. The molecule has 1 aliphatic carbocycles. The molecule has 2 amide bonds. The molecule has 3 rings (SSSR count). The molecule has 0 unspecified atom stereocenters. The van der Waals surface area contributed by atoms with Gasteiger partial charge in [0.25, 0.3) is 0 Å². The number of carbonyl (C=O) groups excluding carboxylic acids is 2. The maximum Gasteiger partial charge on any atom is 0.242 e. The number of carbonyl (C=O) groups is 2. The van der Waals surface area contributed by atoms with Gasteiger partial charge in [0.05, 0.1) is 13.0 Å². The average Bonchev–Trinajstić information content (AvgIpc) is 3.42. The van der Waals surface area contributed by atoms with Crippen LogP contribution in [0.15, 0.2) is 48.7 Å². The van der Waals surface area contributed by atoms with Crippen molar-refractivity contribution in [3.8, 4) is 0 Å². The molecule has 1 heterocycles. The number of hydrogen-bond donors (Lipinski definition) is 0. The third-order valence-electron chi connectivity index (χ3n) is 5.15. The lowest BCUT2D eigenvalue weighted by Crippen LogP contribution is -2.45. The second-order valence-electron chi connectivity index (χ2n) is 8.19. The van der Waals surface area contributed by atoms with Gasteiger partial charge in [0, 0.05) is 31.5 Å². The van der Waals surface area contributed by atoms with Crippen LogP contribution in [0.4, 0.5) is 0 Å². The van der Waals surface area contributed by atoms with Crippen LogP contribution in [-0.2, 0) is 29.6 Å². The summed E-state index contributed by atoms with van der Waals surface area (Å²) in [7, 11) is 1.99. The van der Waals surface area contributed by atoms with Crippen molar-refractivity contribution in [1.82, 2.24) is 14.4 Å². The van der Waals surface area contributed by atoms with E-state index in [-0.39, 0.29) is 24.4 Å². The quantitative estimate of drug-likeness (QED) is 0.669. The molecule has 1 fully saturated rings. The van der Waals surface area contributed by atoms with E-state index in [1.165, 1.54) is 0 Å². The van der Waals surface area contributed by atoms with Crippen molar-refractivity contribution in [2.75, 3.05) is 13.1 Å². The van der Waals surface area contributed by atoms with E-state index >= 15 is 0 Å². The summed E-state index contributed by atoms with van der Waals surface area (Å²) in [5, 5.41) is 0. The van der Waals surface area contributed by atoms with Crippen LogP contribution in [0.3, 0.4) is 0 Å². The summed E-state index contributed by atoms with van der Waals surface area (Å²) in [5.41, 5.74) is 2.09. The number of aromatic nitrogens is 1. The molecule has 5 nitrogen and oxygen atoms in total. The zero-order valence-electron chi connectivity index (χ0n) is 17.2. The molecule has 1 aliphatic rings. The summed E-state index contributed by atoms with van der Waals surface area (Å²) < 4.78 is 2.04. The molecular formula is C23H31N3O2. The molecule has 5 heteroatoms. The van der Waals surface area contributed by atoms with Crippen molar-refractivity contribution in [2.24, 2.45) is 13.0 Å². The fourth-order valence-corrected chi connectivity index (χ4v) is 3.48. The van der Waals surface area contributed by atoms with Gasteiger partial charge < -0.3 is 14.4 Å². The minimum Gasteiger partial charge on any atom is -0.353 e. The second-order valence-corrected chi connectivity index (χ2v) is 8.19. The van der Waals surface area contributed by atoms with E-state index in [4.69, 9.17) is 0 Å². The number of benzene rings is 1. The zero-order valence-corrected chi connectivity index (χ0v) is 17.2. The molecule has 1 saturated carbocycles. The minimum atomic E-state index is 0.0308. The van der Waals surface area contributed by atoms with Gasteiger partial charge in [-0.05, 0) is 36.5 Å². The lowest BCUT2D eigenvalue weighted by molar-refractivity contribution is -0.141. The summed E-state index contributed by atoms with van der Waals surface area (Å²) in [6.07, 6.45) is 4.34. The smallest absolute Gasteiger partial charge is 0.242 e. The van der Waals surface area contributed by atoms with E-state index in [1.807, 2.05) is 65.2 Å². The minimum absolute atomic E-state index is 0.0308. The predicted octanol–water partition coefficient (Wildman–Crippen LogP) is 3.24. The van der Waals surface area contributed by atoms with Gasteiger partial charge >= 0.3 is 0 Å². The van der Waals surface area contributed by atoms with Crippen molar-refractivity contribution in [3.63, 3.8) is 0 Å². The maximum atomic E-state index is 13.1. The van der Waals surface area contributed by atoms with Gasteiger partial charge in [-0.1, -0.05) is 44.2 Å². The highest BCUT2D eigenvalue weighted by Gasteiger charge is 2.34. The Kier molecular flexibility index (Phi) is 6.55. The summed E-state index contributed by atoms with van der Waals surface area (Å²) in [5.74, 6) is 0.451. The van der Waals surface area contributed by atoms with Crippen LogP contribution in [0.25, 0.3) is 0 Å². The Morgan fingerprint density at radius 1 is 1.07 bits per heavy atom. The topological polar surface area (TPSA) is 45.6 Å². The number of nitrogens with zero attached hydrogens (tertiary/aromatic N) is 3. The SMILES string of the molecule is CC(C)CN(Cc1cccn1C)C(=O)CN(C(=O)Cc1ccccc1)C1CC1. The highest BCUT2D eigenvalue weighted by molar-refractivity contribution is 5.86. The van der Waals surface area contributed by atoms with E-state index < -0.39 is 0 Å². The Morgan fingerprint density at radius 2 is 1.79 bits per heavy atom. The van der Waals surface area contributed by atoms with Crippen LogP contribution in [-0.4, -0.2) is 45.3 Å². The van der Waals surface area contributed by atoms with Crippen LogP contribution < -0.4 is 0 Å². The van der Waals surface area contributed by atoms with Crippen molar-refractivity contribution in [3.05, 3.63) is 59.9 Å². The molecule has 0 saturated heterocycles. The number of hydrogen-bond acceptors (Lipinski definition) is 2. The molecule has 1 aromatic heterocycles. The van der Waals surface area contributed by atoms with Crippen LogP contribution in [0, 0.1) is 5.92 Å². The largest absolute Gasteiger partial charge is 0.353 e. The maximum absolute atomic E-state index is 13.1. The first-order chi connectivity index (χ1) is 13.4. The lowest BCUT2D eigenvalue weighted by Gasteiger charge is -2.29. The van der Waals surface area contributed by atoms with E-state index in [1.54, 1.807) is 4.90 Å². The predicted molar refractivity (Wildman–Crippen MR) is 111 cm³/mol. The first-order valence-corrected chi connectivity index (χ1v) is 10.2. The highest BCUT2D eigenvalue weighted by Crippen LogP contribution is 2.27. The Balaban J connectivity index is 1.68. The molecule has 0 N–H and O–H groups in total. The van der Waals surface area contributed by atoms with Gasteiger partial charge in [0.15, 0.2) is 0 Å². The molecule has 0 atom stereocenters. The molecule has 28 heavy (non-hydrogen) atoms. The van der Waals surface area contributed by atoms with Crippen LogP contribution in [0.2, 0.25) is 0 Å². The van der Waals surface area contributed by atoms with Crippen molar-refractivity contribution in [2.45, 2.75) is 45.7 Å². The zero-order chi connectivity index (χ0) is 20.1. The summed E-state index contributed by atoms with van der Waals surface area (Å²) >= 11 is 0. The summed E-state index contributed by atoms with van der Waals surface area (Å²) in [6.45, 7) is 5.67. The third kappa shape index (κ3) is 5.47. The molecule has 0 spiro atoms. The fraction of sp³-hybridized carbons (Fsp3) is 0.478. The van der Waals surface area contributed by atoms with E-state index in [9.17, 15) is 9.59 Å². The Labute approximate surface area is 167 Å². The molecular weight excluding hydrogens is 350 g/mol. The number of rotatable bonds is 9. The van der Waals surface area contributed by atoms with Crippen molar-refractivity contribution in [1.29, 1.82) is 0 Å². The molecule has 2 aromatic rings. The third-order valence-corrected chi connectivity index (χ3v) is 5.15. The Morgan fingerprint density at radius 3 is 2.36 bits per heavy atom. The average molecular weight is 382 g/mol. The van der Waals surface area contributed by atoms with Crippen LogP contribution in [0.1, 0.15) is 37.9 Å². The van der Waals surface area contributed by atoms with E-state index in [2.05, 4.69) is 13.8 Å². The Bertz CT molecular complexity index is 793. The van der Waals surface area contributed by atoms with Gasteiger partial charge in [0.2, 0.25) is 11.8 Å². The van der Waals surface area contributed by atoms with Gasteiger partial charge in [-0.15, -0.1) is 0 Å². The van der Waals surface area contributed by atoms with Crippen molar-refractivity contribution >= 4 is 11.8 Å². The van der Waals surface area contributed by atoms with Gasteiger partial charge in [0.1, 0.15) is 6.54 Å². The van der Waals surface area contributed by atoms with Crippen LogP contribution in [0.5, 0.6) is 0 Å². The number of aryl methyl sites for hydroxylation is 1. The van der Waals surface area contributed by atoms with Gasteiger partial charge in [-0.25, -0.2) is 0 Å². The van der Waals surface area contributed by atoms with Gasteiger partial charge in [-0.3, -0.25) is 9.59 Å². The molecule has 150 valence electrons. The first kappa shape index (κ1) is 20.2. The van der Waals surface area contributed by atoms with Crippen molar-refractivity contribution < 1.29 is 9.59 Å². The highest BCUT2D eigenvalue weighted by atomic mass is 16.2. The fourth-order valence-electron chi connectivity index (χ4n) is 3.48. The lowest BCUT2D eigenvalue weighted by atomic mass is 10.1. The first-order valence-electron chi connectivity index (χ1n) is 10.2. The second kappa shape index (κ2) is 9.09. The van der Waals surface area contributed by atoms with E-state index in [0.29, 0.717) is 25.4 Å². The summed E-state index contributed by atoms with van der Waals surface area (Å²) in [4.78, 5) is 29.7. The Hall–Kier alpha value is -2.56. The van der Waals surface area contributed by atoms with Crippen LogP contribution >= 0.6 is 0 Å². The normalized spacial score (nSPS) is 13.6. The molecule has 1 aromatic carbocycles. The van der Waals surface area contributed by atoms with Gasteiger partial charge in [-0.2, -0.15) is 0 Å². The standard InChI is InChI=1S/C23H31N3O2/c1-18(2)15-25(16-21-10-7-13-24(21)3)23(28)17-26(20-11-12-20)22(27)14-19-8-5-4-6-9-19/h4-10,13,18,20H,11-12,14-17H2,1-3H3. The molecule has 0 bridgehead atoms. The molecule has 0 radical (unpaired) electrons. The monoisotopic (exact) mass is 381 g/mol.